The van der Waals surface area contributed by atoms with Crippen LogP contribution in [0.2, 0.25) is 0 Å². The molecule has 0 aliphatic carbocycles. The number of benzene rings is 1. The second-order valence-corrected chi connectivity index (χ2v) is 4.03. The Morgan fingerprint density at radius 2 is 2.17 bits per heavy atom. The van der Waals surface area contributed by atoms with Gasteiger partial charge in [-0.25, -0.2) is 4.98 Å². The van der Waals surface area contributed by atoms with E-state index >= 15 is 0 Å². The highest BCUT2D eigenvalue weighted by molar-refractivity contribution is 5.44. The van der Waals surface area contributed by atoms with E-state index in [4.69, 9.17) is 14.7 Å². The van der Waals surface area contributed by atoms with E-state index in [1.165, 1.54) is 0 Å². The number of aromatic nitrogens is 2. The molecule has 0 spiro atoms. The zero-order chi connectivity index (χ0) is 12.4. The number of nitriles is 1. The number of ether oxygens (including phenoxy) is 2. The molecular weight excluding hydrogens is 230 g/mol. The Kier molecular flexibility index (Phi) is 2.61. The third-order valence-corrected chi connectivity index (χ3v) is 2.92. The standard InChI is InChI=1S/C13H11N3O2/c14-6-11-10(15-7-16-11)3-1-9-2-4-12-13(5-9)18-8-17-12/h2,4-5,7H,1,3,8H2,(H,15,16). The lowest BCUT2D eigenvalue weighted by molar-refractivity contribution is 0.174. The first-order chi connectivity index (χ1) is 8.86. The second-order valence-electron chi connectivity index (χ2n) is 4.03. The van der Waals surface area contributed by atoms with Crippen LogP contribution in [0.4, 0.5) is 0 Å². The highest BCUT2D eigenvalue weighted by Crippen LogP contribution is 2.32. The third kappa shape index (κ3) is 1.89. The molecule has 0 saturated carbocycles. The van der Waals surface area contributed by atoms with E-state index in [0.29, 0.717) is 5.69 Å². The molecule has 5 nitrogen and oxygen atoms in total. The van der Waals surface area contributed by atoms with Gasteiger partial charge in [-0.2, -0.15) is 5.26 Å². The number of H-pyrrole nitrogens is 1. The van der Waals surface area contributed by atoms with Crippen LogP contribution in [0.5, 0.6) is 11.5 Å². The molecule has 0 atom stereocenters. The van der Waals surface area contributed by atoms with Crippen molar-refractivity contribution in [3.8, 4) is 17.6 Å². The average molecular weight is 241 g/mol. The summed E-state index contributed by atoms with van der Waals surface area (Å²) in [5, 5.41) is 8.86. The molecule has 0 saturated heterocycles. The molecule has 5 heteroatoms. The number of hydrogen-bond acceptors (Lipinski definition) is 4. The number of hydrogen-bond donors (Lipinski definition) is 1. The largest absolute Gasteiger partial charge is 0.454 e. The lowest BCUT2D eigenvalue weighted by atomic mass is 10.1. The number of nitrogens with one attached hydrogen (secondary N) is 1. The van der Waals surface area contributed by atoms with Gasteiger partial charge in [0, 0.05) is 0 Å². The summed E-state index contributed by atoms with van der Waals surface area (Å²) in [6.45, 7) is 0.290. The molecule has 1 N–H and O–H groups in total. The normalized spacial score (nSPS) is 12.4. The topological polar surface area (TPSA) is 70.9 Å². The Labute approximate surface area is 104 Å². The van der Waals surface area contributed by atoms with Crippen molar-refractivity contribution in [3.63, 3.8) is 0 Å². The minimum Gasteiger partial charge on any atom is -0.454 e. The monoisotopic (exact) mass is 241 g/mol. The number of imidazole rings is 1. The molecule has 1 aliphatic heterocycles. The van der Waals surface area contributed by atoms with Gasteiger partial charge in [0.25, 0.3) is 0 Å². The predicted molar refractivity (Wildman–Crippen MR) is 63.3 cm³/mol. The van der Waals surface area contributed by atoms with Gasteiger partial charge in [-0.15, -0.1) is 0 Å². The minimum atomic E-state index is 0.290. The summed E-state index contributed by atoms with van der Waals surface area (Å²) in [5.74, 6) is 1.58. The van der Waals surface area contributed by atoms with E-state index in [-0.39, 0.29) is 6.79 Å². The molecule has 90 valence electrons. The number of nitrogens with zero attached hydrogens (tertiary/aromatic N) is 2. The van der Waals surface area contributed by atoms with Crippen LogP contribution >= 0.6 is 0 Å². The fraction of sp³-hybridized carbons (Fsp3) is 0.231. The maximum absolute atomic E-state index is 8.86. The summed E-state index contributed by atoms with van der Waals surface area (Å²) in [7, 11) is 0. The summed E-state index contributed by atoms with van der Waals surface area (Å²) < 4.78 is 10.6. The van der Waals surface area contributed by atoms with Gasteiger partial charge in [0.15, 0.2) is 17.2 Å². The predicted octanol–water partition coefficient (Wildman–Crippen LogP) is 1.80. The van der Waals surface area contributed by atoms with Crippen LogP contribution in [-0.2, 0) is 12.8 Å². The molecule has 0 bridgehead atoms. The minimum absolute atomic E-state index is 0.290. The van der Waals surface area contributed by atoms with E-state index in [1.807, 2.05) is 18.2 Å². The number of aromatic amines is 1. The van der Waals surface area contributed by atoms with Gasteiger partial charge < -0.3 is 14.5 Å². The van der Waals surface area contributed by atoms with Crippen molar-refractivity contribution >= 4 is 0 Å². The Morgan fingerprint density at radius 3 is 3.06 bits per heavy atom. The quantitative estimate of drug-likeness (QED) is 0.889. The Hall–Kier alpha value is -2.48. The van der Waals surface area contributed by atoms with Crippen molar-refractivity contribution in [1.29, 1.82) is 5.26 Å². The molecule has 0 amide bonds. The van der Waals surface area contributed by atoms with Crippen molar-refractivity contribution in [2.24, 2.45) is 0 Å². The van der Waals surface area contributed by atoms with Crippen LogP contribution in [0.3, 0.4) is 0 Å². The highest BCUT2D eigenvalue weighted by Gasteiger charge is 2.13. The summed E-state index contributed by atoms with van der Waals surface area (Å²) in [5.41, 5.74) is 2.49. The molecule has 2 aromatic rings. The fourth-order valence-electron chi connectivity index (χ4n) is 1.97. The van der Waals surface area contributed by atoms with E-state index < -0.39 is 0 Å². The molecule has 0 radical (unpaired) electrons. The summed E-state index contributed by atoms with van der Waals surface area (Å²) in [6.07, 6.45) is 3.13. The number of rotatable bonds is 3. The molecule has 0 fully saturated rings. The van der Waals surface area contributed by atoms with Gasteiger partial charge >= 0.3 is 0 Å². The van der Waals surface area contributed by atoms with Crippen molar-refractivity contribution in [3.05, 3.63) is 41.5 Å². The molecular formula is C13H11N3O2. The summed E-state index contributed by atoms with van der Waals surface area (Å²) >= 11 is 0. The van der Waals surface area contributed by atoms with Gasteiger partial charge in [-0.3, -0.25) is 0 Å². The van der Waals surface area contributed by atoms with E-state index in [9.17, 15) is 0 Å². The van der Waals surface area contributed by atoms with Crippen molar-refractivity contribution in [2.45, 2.75) is 12.8 Å². The first kappa shape index (κ1) is 10.7. The Bertz CT molecular complexity index is 613. The fourth-order valence-corrected chi connectivity index (χ4v) is 1.97. The Balaban J connectivity index is 1.72. The molecule has 18 heavy (non-hydrogen) atoms. The smallest absolute Gasteiger partial charge is 0.231 e. The van der Waals surface area contributed by atoms with Crippen LogP contribution in [0, 0.1) is 11.3 Å². The number of aryl methyl sites for hydroxylation is 2. The van der Waals surface area contributed by atoms with E-state index in [2.05, 4.69) is 16.0 Å². The Morgan fingerprint density at radius 1 is 1.28 bits per heavy atom. The number of fused-ring (bicyclic) bond motifs is 1. The van der Waals surface area contributed by atoms with Gasteiger partial charge in [0.05, 0.1) is 12.0 Å². The SMILES string of the molecule is N#Cc1nc[nH]c1CCc1ccc2c(c1)OCO2. The molecule has 1 aliphatic rings. The first-order valence-corrected chi connectivity index (χ1v) is 5.67. The zero-order valence-electron chi connectivity index (χ0n) is 9.64. The third-order valence-electron chi connectivity index (χ3n) is 2.92. The highest BCUT2D eigenvalue weighted by atomic mass is 16.7. The van der Waals surface area contributed by atoms with Gasteiger partial charge in [0.2, 0.25) is 6.79 Å². The maximum atomic E-state index is 8.86. The van der Waals surface area contributed by atoms with Gasteiger partial charge in [-0.1, -0.05) is 6.07 Å². The van der Waals surface area contributed by atoms with Crippen molar-refractivity contribution < 1.29 is 9.47 Å². The zero-order valence-corrected chi connectivity index (χ0v) is 9.64. The molecule has 2 heterocycles. The molecule has 3 rings (SSSR count). The van der Waals surface area contributed by atoms with Gasteiger partial charge in [-0.05, 0) is 30.5 Å². The van der Waals surface area contributed by atoms with Crippen LogP contribution in [-0.4, -0.2) is 16.8 Å². The van der Waals surface area contributed by atoms with Crippen LogP contribution in [0.1, 0.15) is 17.0 Å². The van der Waals surface area contributed by atoms with Crippen LogP contribution < -0.4 is 9.47 Å². The van der Waals surface area contributed by atoms with Gasteiger partial charge in [0.1, 0.15) is 6.07 Å². The first-order valence-electron chi connectivity index (χ1n) is 5.67. The average Bonchev–Trinajstić information content (AvgIpc) is 3.04. The summed E-state index contributed by atoms with van der Waals surface area (Å²) in [6, 6.07) is 7.97. The van der Waals surface area contributed by atoms with E-state index in [0.717, 1.165) is 35.6 Å². The molecule has 1 aromatic heterocycles. The van der Waals surface area contributed by atoms with Crippen LogP contribution in [0.25, 0.3) is 0 Å². The lowest BCUT2D eigenvalue weighted by Crippen LogP contribution is -1.94. The maximum Gasteiger partial charge on any atom is 0.231 e. The lowest BCUT2D eigenvalue weighted by Gasteiger charge is -2.02. The molecule has 0 unspecified atom stereocenters. The van der Waals surface area contributed by atoms with Crippen molar-refractivity contribution in [1.82, 2.24) is 9.97 Å². The second kappa shape index (κ2) is 4.41. The van der Waals surface area contributed by atoms with E-state index in [1.54, 1.807) is 6.33 Å². The molecule has 1 aromatic carbocycles. The van der Waals surface area contributed by atoms with Crippen LogP contribution in [0.15, 0.2) is 24.5 Å². The van der Waals surface area contributed by atoms with Crippen molar-refractivity contribution in [2.75, 3.05) is 6.79 Å². The summed E-state index contributed by atoms with van der Waals surface area (Å²) in [4.78, 5) is 6.93.